The molecule has 0 spiro atoms. The predicted octanol–water partition coefficient (Wildman–Crippen LogP) is 2.70. The van der Waals surface area contributed by atoms with Gasteiger partial charge in [-0.3, -0.25) is 19.2 Å². The molecule has 6 nitrogen and oxygen atoms in total. The molecule has 132 valence electrons. The van der Waals surface area contributed by atoms with Crippen molar-refractivity contribution in [3.8, 4) is 0 Å². The average molecular weight is 335 g/mol. The lowest BCUT2D eigenvalue weighted by Gasteiger charge is -2.19. The molecule has 0 heterocycles. The lowest BCUT2D eigenvalue weighted by molar-refractivity contribution is -0.143. The highest BCUT2D eigenvalue weighted by atomic mass is 16.4. The standard InChI is InChI=1S/C16H19NO5.C2H6/c1-9(11(16(21)22)7-8-14(17)19)15(20)13-6-4-3-5-12(13)10(2)18;1-2/h3-6,9,11H,7-8H2,1-2H3,(H2,17,19)(H,21,22);1-2H3. The fourth-order valence-electron chi connectivity index (χ4n) is 2.32. The summed E-state index contributed by atoms with van der Waals surface area (Å²) in [4.78, 5) is 46.3. The Labute approximate surface area is 142 Å². The molecule has 0 aliphatic carbocycles. The van der Waals surface area contributed by atoms with Crippen LogP contribution >= 0.6 is 0 Å². The van der Waals surface area contributed by atoms with E-state index in [2.05, 4.69) is 0 Å². The van der Waals surface area contributed by atoms with Gasteiger partial charge in [-0.1, -0.05) is 45.0 Å². The second-order valence-electron chi connectivity index (χ2n) is 5.20. The van der Waals surface area contributed by atoms with Crippen LogP contribution in [0, 0.1) is 11.8 Å². The molecule has 0 aromatic heterocycles. The minimum atomic E-state index is -1.16. The zero-order valence-corrected chi connectivity index (χ0v) is 14.5. The second kappa shape index (κ2) is 10.3. The molecule has 0 bridgehead atoms. The Hall–Kier alpha value is -2.50. The van der Waals surface area contributed by atoms with E-state index in [-0.39, 0.29) is 29.8 Å². The first kappa shape index (κ1) is 21.5. The largest absolute Gasteiger partial charge is 0.481 e. The molecule has 0 fully saturated rings. The van der Waals surface area contributed by atoms with Crippen molar-refractivity contribution in [1.29, 1.82) is 0 Å². The zero-order chi connectivity index (χ0) is 18.9. The van der Waals surface area contributed by atoms with E-state index in [1.54, 1.807) is 12.1 Å². The Bertz CT molecular complexity index is 609. The fourth-order valence-corrected chi connectivity index (χ4v) is 2.32. The molecule has 1 amide bonds. The molecular weight excluding hydrogens is 310 g/mol. The van der Waals surface area contributed by atoms with E-state index < -0.39 is 29.5 Å². The molecule has 0 saturated heterocycles. The molecule has 1 rings (SSSR count). The molecule has 24 heavy (non-hydrogen) atoms. The first-order chi connectivity index (χ1) is 11.3. The van der Waals surface area contributed by atoms with E-state index >= 15 is 0 Å². The van der Waals surface area contributed by atoms with Crippen LogP contribution in [0.3, 0.4) is 0 Å². The van der Waals surface area contributed by atoms with Crippen molar-refractivity contribution < 1.29 is 24.3 Å². The molecule has 2 unspecified atom stereocenters. The van der Waals surface area contributed by atoms with Crippen LogP contribution in [0.25, 0.3) is 0 Å². The van der Waals surface area contributed by atoms with Crippen molar-refractivity contribution >= 4 is 23.4 Å². The normalized spacial score (nSPS) is 12.3. The number of carboxylic acids is 1. The van der Waals surface area contributed by atoms with Gasteiger partial charge in [-0.2, -0.15) is 0 Å². The Kier molecular flexibility index (Phi) is 9.23. The van der Waals surface area contributed by atoms with Crippen LogP contribution in [0.1, 0.15) is 61.3 Å². The Balaban J connectivity index is 0.00000254. The van der Waals surface area contributed by atoms with Crippen molar-refractivity contribution in [3.05, 3.63) is 35.4 Å². The van der Waals surface area contributed by atoms with Gasteiger partial charge in [0.2, 0.25) is 5.91 Å². The number of carboxylic acid groups (broad SMARTS) is 1. The van der Waals surface area contributed by atoms with Crippen molar-refractivity contribution in [2.75, 3.05) is 0 Å². The van der Waals surface area contributed by atoms with E-state index in [0.717, 1.165) is 0 Å². The summed E-state index contributed by atoms with van der Waals surface area (Å²) in [5.41, 5.74) is 5.49. The van der Waals surface area contributed by atoms with Crippen LogP contribution in [-0.4, -0.2) is 28.5 Å². The quantitative estimate of drug-likeness (QED) is 0.709. The minimum absolute atomic E-state index is 0.0141. The Morgan fingerprint density at radius 3 is 2.00 bits per heavy atom. The number of carbonyl (C=O) groups is 4. The molecule has 0 radical (unpaired) electrons. The van der Waals surface area contributed by atoms with Gasteiger partial charge in [0.1, 0.15) is 0 Å². The number of hydrogen-bond acceptors (Lipinski definition) is 4. The summed E-state index contributed by atoms with van der Waals surface area (Å²) in [7, 11) is 0. The molecule has 2 atom stereocenters. The molecule has 0 aliphatic rings. The van der Waals surface area contributed by atoms with Gasteiger partial charge >= 0.3 is 5.97 Å². The van der Waals surface area contributed by atoms with Crippen molar-refractivity contribution in [1.82, 2.24) is 0 Å². The van der Waals surface area contributed by atoms with Crippen molar-refractivity contribution in [2.24, 2.45) is 17.6 Å². The minimum Gasteiger partial charge on any atom is -0.481 e. The number of Topliss-reactive ketones (excluding diaryl/α,β-unsaturated/α-hetero) is 2. The van der Waals surface area contributed by atoms with E-state index in [1.165, 1.54) is 26.0 Å². The van der Waals surface area contributed by atoms with E-state index in [1.807, 2.05) is 13.8 Å². The van der Waals surface area contributed by atoms with Gasteiger partial charge in [0.15, 0.2) is 11.6 Å². The lowest BCUT2D eigenvalue weighted by Crippen LogP contribution is -2.30. The third-order valence-electron chi connectivity index (χ3n) is 3.61. The number of aliphatic carboxylic acids is 1. The molecule has 6 heteroatoms. The summed E-state index contributed by atoms with van der Waals surface area (Å²) >= 11 is 0. The maximum absolute atomic E-state index is 12.5. The van der Waals surface area contributed by atoms with Gasteiger partial charge in [-0.05, 0) is 13.3 Å². The topological polar surface area (TPSA) is 115 Å². The first-order valence-corrected chi connectivity index (χ1v) is 7.91. The smallest absolute Gasteiger partial charge is 0.307 e. The van der Waals surface area contributed by atoms with Gasteiger partial charge in [0.25, 0.3) is 0 Å². The molecule has 1 aromatic rings. The van der Waals surface area contributed by atoms with E-state index in [4.69, 9.17) is 5.73 Å². The summed E-state index contributed by atoms with van der Waals surface area (Å²) in [5, 5.41) is 9.26. The van der Waals surface area contributed by atoms with Gasteiger partial charge in [0, 0.05) is 23.5 Å². The second-order valence-corrected chi connectivity index (χ2v) is 5.20. The number of amides is 1. The summed E-state index contributed by atoms with van der Waals surface area (Å²) in [6.07, 6.45) is -0.122. The summed E-state index contributed by atoms with van der Waals surface area (Å²) in [6, 6.07) is 6.29. The maximum atomic E-state index is 12.5. The van der Waals surface area contributed by atoms with Crippen LogP contribution in [0.4, 0.5) is 0 Å². The number of carbonyl (C=O) groups excluding carboxylic acids is 3. The van der Waals surface area contributed by atoms with Gasteiger partial charge in [-0.25, -0.2) is 0 Å². The lowest BCUT2D eigenvalue weighted by atomic mass is 9.82. The highest BCUT2D eigenvalue weighted by Gasteiger charge is 2.31. The fraction of sp³-hybridized carbons (Fsp3) is 0.444. The average Bonchev–Trinajstić information content (AvgIpc) is 2.55. The van der Waals surface area contributed by atoms with Crippen LogP contribution in [0.15, 0.2) is 24.3 Å². The van der Waals surface area contributed by atoms with Gasteiger partial charge in [-0.15, -0.1) is 0 Å². The summed E-state index contributed by atoms with van der Waals surface area (Å²) in [6.45, 7) is 6.83. The maximum Gasteiger partial charge on any atom is 0.307 e. The number of hydrogen-bond donors (Lipinski definition) is 2. The predicted molar refractivity (Wildman–Crippen MR) is 90.8 cm³/mol. The molecule has 1 aromatic carbocycles. The van der Waals surface area contributed by atoms with Crippen molar-refractivity contribution in [2.45, 2.75) is 40.5 Å². The Morgan fingerprint density at radius 2 is 1.58 bits per heavy atom. The number of ketones is 2. The molecule has 0 saturated carbocycles. The third-order valence-corrected chi connectivity index (χ3v) is 3.61. The molecule has 3 N–H and O–H groups in total. The molecular formula is C18H25NO5. The number of rotatable bonds is 8. The van der Waals surface area contributed by atoms with Gasteiger partial charge in [0.05, 0.1) is 5.92 Å². The highest BCUT2D eigenvalue weighted by molar-refractivity contribution is 6.09. The monoisotopic (exact) mass is 335 g/mol. The first-order valence-electron chi connectivity index (χ1n) is 7.91. The highest BCUT2D eigenvalue weighted by Crippen LogP contribution is 2.24. The van der Waals surface area contributed by atoms with Crippen molar-refractivity contribution in [3.63, 3.8) is 0 Å². The Morgan fingerprint density at radius 1 is 1.08 bits per heavy atom. The van der Waals surface area contributed by atoms with Crippen LogP contribution in [0.5, 0.6) is 0 Å². The summed E-state index contributed by atoms with van der Waals surface area (Å²) < 4.78 is 0. The van der Waals surface area contributed by atoms with Crippen LogP contribution < -0.4 is 5.73 Å². The van der Waals surface area contributed by atoms with Crippen LogP contribution in [0.2, 0.25) is 0 Å². The SMILES string of the molecule is CC.CC(=O)c1ccccc1C(=O)C(C)C(CCC(N)=O)C(=O)O. The molecule has 0 aliphatic heterocycles. The third kappa shape index (κ3) is 5.95. The van der Waals surface area contributed by atoms with Gasteiger partial charge < -0.3 is 10.8 Å². The number of primary amides is 1. The number of nitrogens with two attached hydrogens (primary N) is 1. The summed E-state index contributed by atoms with van der Waals surface area (Å²) in [5.74, 6) is -4.36. The zero-order valence-electron chi connectivity index (χ0n) is 14.5. The van der Waals surface area contributed by atoms with Crippen LogP contribution in [-0.2, 0) is 9.59 Å². The van der Waals surface area contributed by atoms with E-state index in [0.29, 0.717) is 0 Å². The van der Waals surface area contributed by atoms with E-state index in [9.17, 15) is 24.3 Å². The number of benzene rings is 1.